The number of ether oxygens (including phenoxy) is 3. The molecule has 1 saturated heterocycles. The quantitative estimate of drug-likeness (QED) is 0.365. The van der Waals surface area contributed by atoms with Crippen LogP contribution in [0.15, 0.2) is 47.4 Å². The molecule has 0 atom stereocenters. The minimum absolute atomic E-state index is 0.0107. The fourth-order valence-corrected chi connectivity index (χ4v) is 4.23. The van der Waals surface area contributed by atoms with Gasteiger partial charge in [0.1, 0.15) is 19.0 Å². The first kappa shape index (κ1) is 21.0. The van der Waals surface area contributed by atoms with Crippen molar-refractivity contribution in [2.75, 3.05) is 39.5 Å². The standard InChI is InChI=1S/C19H22N2O7S/c1-15-2-4-16(5-3-15)27-12-13-28-19-7-6-17(14-18(19)21(22)23)29(24,25)20-8-10-26-11-9-20/h2-7,14H,8-13H2,1H3. The van der Waals surface area contributed by atoms with Gasteiger partial charge in [-0.15, -0.1) is 0 Å². The Morgan fingerprint density at radius 1 is 1.07 bits per heavy atom. The highest BCUT2D eigenvalue weighted by atomic mass is 32.2. The fraction of sp³-hybridized carbons (Fsp3) is 0.368. The molecule has 1 fully saturated rings. The van der Waals surface area contributed by atoms with Gasteiger partial charge in [0.25, 0.3) is 0 Å². The molecule has 0 saturated carbocycles. The van der Waals surface area contributed by atoms with Crippen LogP contribution < -0.4 is 9.47 Å². The summed E-state index contributed by atoms with van der Waals surface area (Å²) in [6.07, 6.45) is 0. The predicted octanol–water partition coefficient (Wildman–Crippen LogP) is 2.38. The third-order valence-corrected chi connectivity index (χ3v) is 6.26. The molecule has 10 heteroatoms. The lowest BCUT2D eigenvalue weighted by atomic mass is 10.2. The fourth-order valence-electron chi connectivity index (χ4n) is 2.80. The lowest BCUT2D eigenvalue weighted by molar-refractivity contribution is -0.386. The zero-order valence-electron chi connectivity index (χ0n) is 15.9. The van der Waals surface area contributed by atoms with Crippen LogP contribution in [-0.2, 0) is 14.8 Å². The Bertz CT molecular complexity index is 955. The number of hydrogen-bond donors (Lipinski definition) is 0. The summed E-state index contributed by atoms with van der Waals surface area (Å²) in [7, 11) is -3.83. The SMILES string of the molecule is Cc1ccc(OCCOc2ccc(S(=O)(=O)N3CCOCC3)cc2[N+](=O)[O-])cc1. The maximum absolute atomic E-state index is 12.7. The number of nitro groups is 1. The Kier molecular flexibility index (Phi) is 6.68. The Hall–Kier alpha value is -2.69. The average molecular weight is 422 g/mol. The summed E-state index contributed by atoms with van der Waals surface area (Å²) < 4.78 is 42.8. The smallest absolute Gasteiger partial charge is 0.312 e. The van der Waals surface area contributed by atoms with Crippen LogP contribution in [-0.4, -0.2) is 57.2 Å². The maximum atomic E-state index is 12.7. The second-order valence-electron chi connectivity index (χ2n) is 6.41. The van der Waals surface area contributed by atoms with E-state index in [2.05, 4.69) is 0 Å². The number of nitro benzene ring substituents is 1. The molecule has 0 aromatic heterocycles. The molecule has 1 aliphatic heterocycles. The van der Waals surface area contributed by atoms with Crippen molar-refractivity contribution in [3.63, 3.8) is 0 Å². The van der Waals surface area contributed by atoms with Gasteiger partial charge in [0, 0.05) is 19.2 Å². The number of sulfonamides is 1. The van der Waals surface area contributed by atoms with Gasteiger partial charge in [0.2, 0.25) is 10.0 Å². The molecule has 156 valence electrons. The van der Waals surface area contributed by atoms with Gasteiger partial charge in [-0.1, -0.05) is 17.7 Å². The summed E-state index contributed by atoms with van der Waals surface area (Å²) in [5, 5.41) is 11.4. The molecule has 3 rings (SSSR count). The van der Waals surface area contributed by atoms with Gasteiger partial charge in [-0.25, -0.2) is 8.42 Å². The summed E-state index contributed by atoms with van der Waals surface area (Å²) in [6, 6.07) is 11.1. The number of aryl methyl sites for hydroxylation is 1. The van der Waals surface area contributed by atoms with Gasteiger partial charge in [-0.05, 0) is 31.2 Å². The van der Waals surface area contributed by atoms with Crippen molar-refractivity contribution >= 4 is 15.7 Å². The van der Waals surface area contributed by atoms with Gasteiger partial charge < -0.3 is 14.2 Å². The van der Waals surface area contributed by atoms with Crippen molar-refractivity contribution in [1.82, 2.24) is 4.31 Å². The second kappa shape index (κ2) is 9.21. The molecule has 0 radical (unpaired) electrons. The van der Waals surface area contributed by atoms with E-state index in [1.807, 2.05) is 31.2 Å². The summed E-state index contributed by atoms with van der Waals surface area (Å²) in [5.41, 5.74) is 0.700. The molecule has 0 unspecified atom stereocenters. The predicted molar refractivity (Wildman–Crippen MR) is 105 cm³/mol. The number of benzene rings is 2. The van der Waals surface area contributed by atoms with E-state index in [9.17, 15) is 18.5 Å². The third-order valence-electron chi connectivity index (χ3n) is 4.37. The largest absolute Gasteiger partial charge is 0.490 e. The van der Waals surface area contributed by atoms with Gasteiger partial charge in [0.05, 0.1) is 23.0 Å². The summed E-state index contributed by atoms with van der Waals surface area (Å²) in [6.45, 7) is 3.25. The summed E-state index contributed by atoms with van der Waals surface area (Å²) >= 11 is 0. The summed E-state index contributed by atoms with van der Waals surface area (Å²) in [5.74, 6) is 0.657. The third kappa shape index (κ3) is 5.22. The summed E-state index contributed by atoms with van der Waals surface area (Å²) in [4.78, 5) is 10.6. The normalized spacial score (nSPS) is 15.1. The topological polar surface area (TPSA) is 108 Å². The molecule has 0 bridgehead atoms. The molecule has 9 nitrogen and oxygen atoms in total. The van der Waals surface area contributed by atoms with Crippen LogP contribution in [0.25, 0.3) is 0 Å². The molecular formula is C19H22N2O7S. The van der Waals surface area contributed by atoms with Crippen molar-refractivity contribution in [2.45, 2.75) is 11.8 Å². The van der Waals surface area contributed by atoms with Crippen LogP contribution in [0.4, 0.5) is 5.69 Å². The number of rotatable bonds is 8. The Balaban J connectivity index is 1.67. The highest BCUT2D eigenvalue weighted by Crippen LogP contribution is 2.31. The van der Waals surface area contributed by atoms with E-state index in [4.69, 9.17) is 14.2 Å². The average Bonchev–Trinajstić information content (AvgIpc) is 2.73. The van der Waals surface area contributed by atoms with E-state index in [0.29, 0.717) is 19.0 Å². The zero-order valence-corrected chi connectivity index (χ0v) is 16.8. The molecule has 2 aromatic carbocycles. The Morgan fingerprint density at radius 3 is 2.38 bits per heavy atom. The first-order valence-electron chi connectivity index (χ1n) is 9.06. The van der Waals surface area contributed by atoms with Gasteiger partial charge in [-0.3, -0.25) is 10.1 Å². The van der Waals surface area contributed by atoms with E-state index < -0.39 is 20.6 Å². The van der Waals surface area contributed by atoms with E-state index in [0.717, 1.165) is 11.6 Å². The van der Waals surface area contributed by atoms with Crippen LogP contribution in [0.2, 0.25) is 0 Å². The van der Waals surface area contributed by atoms with E-state index in [1.54, 1.807) is 0 Å². The molecule has 1 aliphatic rings. The molecular weight excluding hydrogens is 400 g/mol. The van der Waals surface area contributed by atoms with Crippen LogP contribution >= 0.6 is 0 Å². The van der Waals surface area contributed by atoms with Gasteiger partial charge >= 0.3 is 5.69 Å². The van der Waals surface area contributed by atoms with E-state index in [-0.39, 0.29) is 36.9 Å². The highest BCUT2D eigenvalue weighted by Gasteiger charge is 2.29. The van der Waals surface area contributed by atoms with Crippen LogP contribution in [0.1, 0.15) is 5.56 Å². The lowest BCUT2D eigenvalue weighted by Gasteiger charge is -2.26. The van der Waals surface area contributed by atoms with Gasteiger partial charge in [-0.2, -0.15) is 4.31 Å². The van der Waals surface area contributed by atoms with Crippen molar-refractivity contribution in [3.05, 3.63) is 58.1 Å². The van der Waals surface area contributed by atoms with E-state index >= 15 is 0 Å². The molecule has 0 aliphatic carbocycles. The minimum atomic E-state index is -3.83. The van der Waals surface area contributed by atoms with Crippen molar-refractivity contribution < 1.29 is 27.6 Å². The molecule has 0 spiro atoms. The molecule has 2 aromatic rings. The molecule has 0 N–H and O–H groups in total. The zero-order chi connectivity index (χ0) is 20.9. The Labute approximate surface area is 169 Å². The number of hydrogen-bond acceptors (Lipinski definition) is 7. The lowest BCUT2D eigenvalue weighted by Crippen LogP contribution is -2.40. The first-order valence-corrected chi connectivity index (χ1v) is 10.5. The van der Waals surface area contributed by atoms with Gasteiger partial charge in [0.15, 0.2) is 5.75 Å². The highest BCUT2D eigenvalue weighted by molar-refractivity contribution is 7.89. The molecule has 0 amide bonds. The van der Waals surface area contributed by atoms with Crippen LogP contribution in [0.5, 0.6) is 11.5 Å². The maximum Gasteiger partial charge on any atom is 0.312 e. The van der Waals surface area contributed by atoms with Crippen molar-refractivity contribution in [1.29, 1.82) is 0 Å². The van der Waals surface area contributed by atoms with E-state index in [1.165, 1.54) is 16.4 Å². The molecule has 29 heavy (non-hydrogen) atoms. The van der Waals surface area contributed by atoms with Crippen LogP contribution in [0, 0.1) is 17.0 Å². The monoisotopic (exact) mass is 422 g/mol. The molecule has 1 heterocycles. The first-order chi connectivity index (χ1) is 13.9. The van der Waals surface area contributed by atoms with Crippen molar-refractivity contribution in [3.8, 4) is 11.5 Å². The minimum Gasteiger partial charge on any atom is -0.490 e. The number of nitrogens with zero attached hydrogens (tertiary/aromatic N) is 2. The Morgan fingerprint density at radius 2 is 1.72 bits per heavy atom. The second-order valence-corrected chi connectivity index (χ2v) is 8.35. The van der Waals surface area contributed by atoms with Crippen molar-refractivity contribution in [2.24, 2.45) is 0 Å². The number of morpholine rings is 1. The van der Waals surface area contributed by atoms with Crippen LogP contribution in [0.3, 0.4) is 0 Å².